The standard InChI is InChI=1S/C9H7BrFN/c1-6-4-7(2-3-12)8(10)5-9(6)11/h4-5H,2H2,1H3. The second-order valence-electron chi connectivity index (χ2n) is 2.53. The van der Waals surface area contributed by atoms with Crippen LogP contribution in [0.25, 0.3) is 0 Å². The lowest BCUT2D eigenvalue weighted by Crippen LogP contribution is -1.89. The molecule has 1 aromatic rings. The molecule has 0 aromatic heterocycles. The highest BCUT2D eigenvalue weighted by Gasteiger charge is 2.03. The van der Waals surface area contributed by atoms with Gasteiger partial charge < -0.3 is 0 Å². The molecule has 1 nitrogen and oxygen atoms in total. The first-order chi connectivity index (χ1) is 5.65. The summed E-state index contributed by atoms with van der Waals surface area (Å²) in [6.07, 6.45) is 0.307. The molecule has 0 unspecified atom stereocenters. The van der Waals surface area contributed by atoms with Crippen molar-refractivity contribution in [1.29, 1.82) is 5.26 Å². The highest BCUT2D eigenvalue weighted by Crippen LogP contribution is 2.21. The molecular formula is C9H7BrFN. The molecule has 0 fully saturated rings. The number of nitrogens with zero attached hydrogens (tertiary/aromatic N) is 1. The number of benzene rings is 1. The Kier molecular flexibility index (Phi) is 2.83. The van der Waals surface area contributed by atoms with Gasteiger partial charge in [-0.3, -0.25) is 0 Å². The number of aryl methyl sites for hydroxylation is 1. The second kappa shape index (κ2) is 3.68. The maximum Gasteiger partial charge on any atom is 0.127 e. The Morgan fingerprint density at radius 2 is 2.25 bits per heavy atom. The average molecular weight is 228 g/mol. The van der Waals surface area contributed by atoms with Crippen LogP contribution in [0, 0.1) is 24.1 Å². The van der Waals surface area contributed by atoms with Gasteiger partial charge in [-0.1, -0.05) is 22.0 Å². The van der Waals surface area contributed by atoms with Gasteiger partial charge >= 0.3 is 0 Å². The summed E-state index contributed by atoms with van der Waals surface area (Å²) in [6, 6.07) is 5.09. The lowest BCUT2D eigenvalue weighted by molar-refractivity contribution is 0.617. The van der Waals surface area contributed by atoms with E-state index in [9.17, 15) is 4.39 Å². The Bertz CT molecular complexity index is 341. The molecule has 0 saturated carbocycles. The van der Waals surface area contributed by atoms with Crippen LogP contribution in [-0.2, 0) is 6.42 Å². The van der Waals surface area contributed by atoms with Gasteiger partial charge in [0.1, 0.15) is 5.82 Å². The van der Waals surface area contributed by atoms with Gasteiger partial charge in [0.05, 0.1) is 12.5 Å². The first-order valence-corrected chi connectivity index (χ1v) is 4.26. The summed E-state index contributed by atoms with van der Waals surface area (Å²) in [4.78, 5) is 0. The first kappa shape index (κ1) is 9.21. The highest BCUT2D eigenvalue weighted by atomic mass is 79.9. The number of hydrogen-bond acceptors (Lipinski definition) is 1. The van der Waals surface area contributed by atoms with Gasteiger partial charge in [-0.15, -0.1) is 0 Å². The van der Waals surface area contributed by atoms with Crippen molar-refractivity contribution in [1.82, 2.24) is 0 Å². The van der Waals surface area contributed by atoms with Crippen LogP contribution in [0.1, 0.15) is 11.1 Å². The van der Waals surface area contributed by atoms with Crippen LogP contribution in [0.15, 0.2) is 16.6 Å². The monoisotopic (exact) mass is 227 g/mol. The van der Waals surface area contributed by atoms with E-state index in [0.717, 1.165) is 5.56 Å². The zero-order valence-corrected chi connectivity index (χ0v) is 8.15. The molecule has 1 aromatic carbocycles. The molecule has 0 aliphatic carbocycles. The van der Waals surface area contributed by atoms with Crippen LogP contribution in [0.5, 0.6) is 0 Å². The molecule has 0 aliphatic rings. The third-order valence-electron chi connectivity index (χ3n) is 1.60. The molecule has 0 saturated heterocycles. The zero-order chi connectivity index (χ0) is 9.14. The fourth-order valence-electron chi connectivity index (χ4n) is 0.938. The summed E-state index contributed by atoms with van der Waals surface area (Å²) in [6.45, 7) is 1.68. The Balaban J connectivity index is 3.16. The Morgan fingerprint density at radius 1 is 1.58 bits per heavy atom. The van der Waals surface area contributed by atoms with Crippen LogP contribution >= 0.6 is 15.9 Å². The topological polar surface area (TPSA) is 23.8 Å². The molecule has 3 heteroatoms. The van der Waals surface area contributed by atoms with Crippen molar-refractivity contribution in [2.24, 2.45) is 0 Å². The minimum Gasteiger partial charge on any atom is -0.207 e. The van der Waals surface area contributed by atoms with E-state index in [1.807, 2.05) is 6.07 Å². The quantitative estimate of drug-likeness (QED) is 0.724. The van der Waals surface area contributed by atoms with Crippen LogP contribution in [0.4, 0.5) is 4.39 Å². The predicted molar refractivity (Wildman–Crippen MR) is 48.2 cm³/mol. The van der Waals surface area contributed by atoms with E-state index < -0.39 is 0 Å². The lowest BCUT2D eigenvalue weighted by Gasteiger charge is -2.02. The summed E-state index contributed by atoms with van der Waals surface area (Å²) in [5, 5.41) is 8.44. The van der Waals surface area contributed by atoms with Crippen molar-refractivity contribution in [2.75, 3.05) is 0 Å². The molecule has 12 heavy (non-hydrogen) atoms. The molecule has 0 atom stereocenters. The van der Waals surface area contributed by atoms with Crippen molar-refractivity contribution in [3.05, 3.63) is 33.5 Å². The average Bonchev–Trinajstić information content (AvgIpc) is 2.01. The third kappa shape index (κ3) is 1.83. The Morgan fingerprint density at radius 3 is 2.83 bits per heavy atom. The predicted octanol–water partition coefficient (Wildman–Crippen LogP) is 2.96. The molecule has 0 aliphatic heterocycles. The van der Waals surface area contributed by atoms with E-state index in [2.05, 4.69) is 15.9 Å². The molecule has 0 bridgehead atoms. The molecule has 62 valence electrons. The van der Waals surface area contributed by atoms with Gasteiger partial charge in [-0.05, 0) is 24.1 Å². The molecular weight excluding hydrogens is 221 g/mol. The van der Waals surface area contributed by atoms with E-state index >= 15 is 0 Å². The van der Waals surface area contributed by atoms with Crippen molar-refractivity contribution < 1.29 is 4.39 Å². The smallest absolute Gasteiger partial charge is 0.127 e. The Labute approximate surface area is 79.0 Å². The number of rotatable bonds is 1. The fraction of sp³-hybridized carbons (Fsp3) is 0.222. The van der Waals surface area contributed by atoms with Crippen molar-refractivity contribution in [3.63, 3.8) is 0 Å². The fourth-order valence-corrected chi connectivity index (χ4v) is 1.39. The van der Waals surface area contributed by atoms with Crippen molar-refractivity contribution in [3.8, 4) is 6.07 Å². The zero-order valence-electron chi connectivity index (χ0n) is 6.56. The summed E-state index contributed by atoms with van der Waals surface area (Å²) < 4.78 is 13.5. The summed E-state index contributed by atoms with van der Waals surface area (Å²) in [7, 11) is 0. The summed E-state index contributed by atoms with van der Waals surface area (Å²) in [5.41, 5.74) is 1.40. The van der Waals surface area contributed by atoms with E-state index in [1.165, 1.54) is 6.07 Å². The lowest BCUT2D eigenvalue weighted by atomic mass is 10.1. The molecule has 1 rings (SSSR count). The molecule has 0 radical (unpaired) electrons. The normalized spacial score (nSPS) is 9.50. The Hall–Kier alpha value is -0.880. The van der Waals surface area contributed by atoms with Crippen LogP contribution in [-0.4, -0.2) is 0 Å². The van der Waals surface area contributed by atoms with Crippen molar-refractivity contribution >= 4 is 15.9 Å². The van der Waals surface area contributed by atoms with E-state index in [-0.39, 0.29) is 5.82 Å². The summed E-state index contributed by atoms with van der Waals surface area (Å²) >= 11 is 3.19. The maximum absolute atomic E-state index is 12.9. The molecule has 0 N–H and O–H groups in total. The van der Waals surface area contributed by atoms with E-state index in [1.54, 1.807) is 13.0 Å². The minimum absolute atomic E-state index is 0.247. The number of halogens is 2. The number of nitriles is 1. The minimum atomic E-state index is -0.247. The van der Waals surface area contributed by atoms with Crippen LogP contribution in [0.2, 0.25) is 0 Å². The summed E-state index contributed by atoms with van der Waals surface area (Å²) in [5.74, 6) is -0.247. The van der Waals surface area contributed by atoms with Crippen LogP contribution < -0.4 is 0 Å². The van der Waals surface area contributed by atoms with Gasteiger partial charge in [0.25, 0.3) is 0 Å². The number of hydrogen-bond donors (Lipinski definition) is 0. The SMILES string of the molecule is Cc1cc(CC#N)c(Br)cc1F. The third-order valence-corrected chi connectivity index (χ3v) is 2.34. The highest BCUT2D eigenvalue weighted by molar-refractivity contribution is 9.10. The second-order valence-corrected chi connectivity index (χ2v) is 3.38. The van der Waals surface area contributed by atoms with Crippen molar-refractivity contribution in [2.45, 2.75) is 13.3 Å². The molecule has 0 amide bonds. The van der Waals surface area contributed by atoms with Gasteiger partial charge in [0.15, 0.2) is 0 Å². The van der Waals surface area contributed by atoms with Gasteiger partial charge in [0.2, 0.25) is 0 Å². The van der Waals surface area contributed by atoms with E-state index in [0.29, 0.717) is 16.5 Å². The largest absolute Gasteiger partial charge is 0.207 e. The first-order valence-electron chi connectivity index (χ1n) is 3.46. The molecule has 0 spiro atoms. The van der Waals surface area contributed by atoms with Gasteiger partial charge in [-0.25, -0.2) is 4.39 Å². The van der Waals surface area contributed by atoms with E-state index in [4.69, 9.17) is 5.26 Å². The molecule has 0 heterocycles. The van der Waals surface area contributed by atoms with Crippen LogP contribution in [0.3, 0.4) is 0 Å². The van der Waals surface area contributed by atoms with Gasteiger partial charge in [0, 0.05) is 4.47 Å². The maximum atomic E-state index is 12.9. The van der Waals surface area contributed by atoms with Gasteiger partial charge in [-0.2, -0.15) is 5.26 Å².